The number of carbonyl (C=O) groups excluding carboxylic acids is 1. The van der Waals surface area contributed by atoms with Crippen molar-refractivity contribution in [3.63, 3.8) is 0 Å². The highest BCUT2D eigenvalue weighted by molar-refractivity contribution is 6.57. The van der Waals surface area contributed by atoms with Gasteiger partial charge >= 0.3 is 7.05 Å². The minimum absolute atomic E-state index is 0.0514. The number of nitrogens with one attached hydrogen (secondary N) is 2. The summed E-state index contributed by atoms with van der Waals surface area (Å²) in [6, 6.07) is 14.3. The molecule has 2 aromatic carbocycles. The molecule has 6 nitrogen and oxygen atoms in total. The fourth-order valence-electron chi connectivity index (χ4n) is 2.71. The normalized spacial score (nSPS) is 14.0. The summed E-state index contributed by atoms with van der Waals surface area (Å²) in [5.74, 6) is 0.982. The zero-order valence-corrected chi connectivity index (χ0v) is 14.8. The first-order chi connectivity index (χ1) is 12.6. The van der Waals surface area contributed by atoms with E-state index in [4.69, 9.17) is 9.39 Å². The van der Waals surface area contributed by atoms with E-state index in [0.29, 0.717) is 19.5 Å². The lowest BCUT2D eigenvalue weighted by Crippen LogP contribution is -2.48. The van der Waals surface area contributed by atoms with Crippen LogP contribution in [0.1, 0.15) is 11.1 Å². The van der Waals surface area contributed by atoms with Crippen molar-refractivity contribution in [3.8, 4) is 11.5 Å². The number of benzene rings is 2. The van der Waals surface area contributed by atoms with E-state index < -0.39 is 0 Å². The molecule has 0 aromatic heterocycles. The average Bonchev–Trinajstić information content (AvgIpc) is 3.47. The van der Waals surface area contributed by atoms with Crippen molar-refractivity contribution in [3.05, 3.63) is 59.7 Å². The molecule has 1 heterocycles. The smallest absolute Gasteiger partial charge is 0.405 e. The van der Waals surface area contributed by atoms with Crippen LogP contribution in [0.3, 0.4) is 0 Å². The second-order valence-corrected chi connectivity index (χ2v) is 6.30. The Bertz CT molecular complexity index is 717. The van der Waals surface area contributed by atoms with Crippen LogP contribution in [-0.2, 0) is 22.3 Å². The molecule has 1 atom stereocenters. The number of aromatic hydroxyl groups is 1. The Labute approximate surface area is 153 Å². The molecule has 1 aliphatic heterocycles. The third-order valence-electron chi connectivity index (χ3n) is 4.29. The van der Waals surface area contributed by atoms with Gasteiger partial charge in [0.1, 0.15) is 11.5 Å². The monoisotopic (exact) mass is 354 g/mol. The minimum atomic E-state index is -0.372. The number of carbonyl (C=O) groups is 1. The van der Waals surface area contributed by atoms with Gasteiger partial charge < -0.3 is 25.0 Å². The number of amides is 1. The van der Waals surface area contributed by atoms with Crippen LogP contribution in [-0.4, -0.2) is 44.3 Å². The lowest BCUT2D eigenvalue weighted by atomic mass is 9.92. The van der Waals surface area contributed by atoms with E-state index in [2.05, 4.69) is 10.5 Å². The Hall–Kier alpha value is -2.51. The summed E-state index contributed by atoms with van der Waals surface area (Å²) in [6.07, 6.45) is 1.29. The van der Waals surface area contributed by atoms with E-state index in [1.165, 1.54) is 0 Å². The fourth-order valence-corrected chi connectivity index (χ4v) is 2.71. The summed E-state index contributed by atoms with van der Waals surface area (Å²) in [4.78, 5) is 12.6. The Morgan fingerprint density at radius 1 is 1.19 bits per heavy atom. The highest BCUT2D eigenvalue weighted by atomic mass is 16.5. The van der Waals surface area contributed by atoms with E-state index in [1.54, 1.807) is 19.2 Å². The topological polar surface area (TPSA) is 83.1 Å². The van der Waals surface area contributed by atoms with Crippen LogP contribution in [0, 0.1) is 0 Å². The standard InChI is InChI=1S/C19H23BN2O4/c1-25-17-8-4-14(5-9-17)10-11-21-19(24)18(22-20-13-26-20)12-15-2-6-16(23)7-3-15/h2-9,18,22-23H,10-13H2,1H3,(H,21,24)/t18-/m0/s1. The molecule has 0 unspecified atom stereocenters. The van der Waals surface area contributed by atoms with Crippen molar-refractivity contribution >= 4 is 13.0 Å². The Kier molecular flexibility index (Phi) is 6.14. The molecule has 0 saturated carbocycles. The number of methoxy groups -OCH3 is 1. The van der Waals surface area contributed by atoms with Crippen molar-refractivity contribution < 1.29 is 19.3 Å². The summed E-state index contributed by atoms with van der Waals surface area (Å²) in [7, 11) is 1.59. The molecule has 0 bridgehead atoms. The van der Waals surface area contributed by atoms with Crippen molar-refractivity contribution in [2.24, 2.45) is 0 Å². The van der Waals surface area contributed by atoms with Crippen molar-refractivity contribution in [1.82, 2.24) is 10.5 Å². The highest BCUT2D eigenvalue weighted by Gasteiger charge is 2.34. The molecule has 0 radical (unpaired) electrons. The number of hydrogen-bond donors (Lipinski definition) is 3. The van der Waals surface area contributed by atoms with Crippen molar-refractivity contribution in [1.29, 1.82) is 0 Å². The maximum Gasteiger partial charge on any atom is 0.405 e. The molecular weight excluding hydrogens is 331 g/mol. The predicted octanol–water partition coefficient (Wildman–Crippen LogP) is 1.32. The number of phenolic OH excluding ortho intramolecular Hbond substituents is 1. The molecule has 0 spiro atoms. The van der Waals surface area contributed by atoms with Crippen LogP contribution >= 0.6 is 0 Å². The van der Waals surface area contributed by atoms with Crippen LogP contribution in [0.15, 0.2) is 48.5 Å². The van der Waals surface area contributed by atoms with Gasteiger partial charge in [0.15, 0.2) is 0 Å². The Morgan fingerprint density at radius 2 is 1.85 bits per heavy atom. The first-order valence-corrected chi connectivity index (χ1v) is 8.70. The minimum Gasteiger partial charge on any atom is -0.508 e. The fraction of sp³-hybridized carbons (Fsp3) is 0.316. The van der Waals surface area contributed by atoms with Gasteiger partial charge in [-0.1, -0.05) is 24.3 Å². The maximum absolute atomic E-state index is 12.6. The van der Waals surface area contributed by atoms with E-state index in [0.717, 1.165) is 23.3 Å². The molecule has 1 aliphatic rings. The molecule has 7 heteroatoms. The third kappa shape index (κ3) is 5.51. The average molecular weight is 354 g/mol. The molecular formula is C19H23BN2O4. The van der Waals surface area contributed by atoms with Gasteiger partial charge in [0.2, 0.25) is 5.91 Å². The number of phenols is 1. The maximum atomic E-state index is 12.6. The summed E-state index contributed by atoms with van der Waals surface area (Å²) in [6.45, 7) is 1.19. The number of hydrogen-bond acceptors (Lipinski definition) is 5. The highest BCUT2D eigenvalue weighted by Crippen LogP contribution is 2.13. The zero-order chi connectivity index (χ0) is 18.4. The second kappa shape index (κ2) is 8.73. The molecule has 1 saturated heterocycles. The van der Waals surface area contributed by atoms with Crippen LogP contribution in [0.4, 0.5) is 0 Å². The Morgan fingerprint density at radius 3 is 2.46 bits per heavy atom. The molecule has 1 amide bonds. The van der Waals surface area contributed by atoms with E-state index in [9.17, 15) is 9.90 Å². The first kappa shape index (κ1) is 18.3. The molecule has 2 aromatic rings. The summed E-state index contributed by atoms with van der Waals surface area (Å²) in [5, 5.41) is 15.6. The van der Waals surface area contributed by atoms with Crippen molar-refractivity contribution in [2.75, 3.05) is 20.2 Å². The quantitative estimate of drug-likeness (QED) is 0.467. The van der Waals surface area contributed by atoms with Gasteiger partial charge in [0.05, 0.1) is 19.7 Å². The predicted molar refractivity (Wildman–Crippen MR) is 100 cm³/mol. The van der Waals surface area contributed by atoms with Gasteiger partial charge in [-0.25, -0.2) is 0 Å². The summed E-state index contributed by atoms with van der Waals surface area (Å²) >= 11 is 0. The Balaban J connectivity index is 1.52. The first-order valence-electron chi connectivity index (χ1n) is 8.70. The van der Waals surface area contributed by atoms with Gasteiger partial charge in [-0.05, 0) is 48.2 Å². The molecule has 3 rings (SSSR count). The lowest BCUT2D eigenvalue weighted by Gasteiger charge is -2.17. The molecule has 136 valence electrons. The van der Waals surface area contributed by atoms with Crippen LogP contribution < -0.4 is 15.3 Å². The number of rotatable bonds is 9. The van der Waals surface area contributed by atoms with Gasteiger partial charge in [-0.15, -0.1) is 0 Å². The van der Waals surface area contributed by atoms with Crippen LogP contribution in [0.25, 0.3) is 0 Å². The second-order valence-electron chi connectivity index (χ2n) is 6.30. The van der Waals surface area contributed by atoms with Gasteiger partial charge in [-0.3, -0.25) is 4.79 Å². The summed E-state index contributed by atoms with van der Waals surface area (Å²) in [5.41, 5.74) is 2.12. The molecule has 1 fully saturated rings. The van der Waals surface area contributed by atoms with Crippen molar-refractivity contribution in [2.45, 2.75) is 18.9 Å². The largest absolute Gasteiger partial charge is 0.508 e. The number of ether oxygens (including phenoxy) is 1. The molecule has 0 aliphatic carbocycles. The molecule has 3 N–H and O–H groups in total. The van der Waals surface area contributed by atoms with Gasteiger partial charge in [-0.2, -0.15) is 0 Å². The van der Waals surface area contributed by atoms with E-state index in [1.807, 2.05) is 36.4 Å². The van der Waals surface area contributed by atoms with Crippen LogP contribution in [0.5, 0.6) is 11.5 Å². The van der Waals surface area contributed by atoms with Gasteiger partial charge in [0, 0.05) is 6.54 Å². The lowest BCUT2D eigenvalue weighted by molar-refractivity contribution is -0.122. The zero-order valence-electron chi connectivity index (χ0n) is 14.8. The SMILES string of the molecule is COc1ccc(CCNC(=O)[C@H](Cc2ccc(O)cc2)NB2CO2)cc1. The van der Waals surface area contributed by atoms with Crippen LogP contribution in [0.2, 0.25) is 0 Å². The third-order valence-corrected chi connectivity index (χ3v) is 4.29. The summed E-state index contributed by atoms with van der Waals surface area (Å²) < 4.78 is 10.3. The van der Waals surface area contributed by atoms with E-state index >= 15 is 0 Å². The van der Waals surface area contributed by atoms with Gasteiger partial charge in [0.25, 0.3) is 0 Å². The molecule has 26 heavy (non-hydrogen) atoms. The van der Waals surface area contributed by atoms with E-state index in [-0.39, 0.29) is 24.7 Å².